The Hall–Kier alpha value is -1.42. The van der Waals surface area contributed by atoms with Crippen LogP contribution in [0, 0.1) is 0 Å². The van der Waals surface area contributed by atoms with Crippen LogP contribution in [0.4, 0.5) is 0 Å². The average molecular weight is 382 g/mol. The number of rotatable bonds is 7. The van der Waals surface area contributed by atoms with Crippen LogP contribution in [0.15, 0.2) is 42.5 Å². The van der Waals surface area contributed by atoms with Crippen LogP contribution in [0.5, 0.6) is 11.5 Å². The fourth-order valence-electron chi connectivity index (χ4n) is 3.12. The molecule has 0 spiro atoms. The zero-order chi connectivity index (χ0) is 16.8. The molecule has 1 N–H and O–H groups in total. The summed E-state index contributed by atoms with van der Waals surface area (Å²) in [7, 11) is 1.68. The maximum Gasteiger partial charge on any atom is 0.161 e. The molecule has 1 saturated carbocycles. The Morgan fingerprint density at radius 3 is 2.56 bits per heavy atom. The van der Waals surface area contributed by atoms with Crippen molar-refractivity contribution in [1.82, 2.24) is 5.32 Å². The predicted molar refractivity (Wildman–Crippen MR) is 105 cm³/mol. The van der Waals surface area contributed by atoms with Crippen LogP contribution < -0.4 is 14.8 Å². The van der Waals surface area contributed by atoms with Gasteiger partial charge in [0.05, 0.1) is 7.11 Å². The van der Waals surface area contributed by atoms with E-state index >= 15 is 0 Å². The summed E-state index contributed by atoms with van der Waals surface area (Å²) in [6, 6.07) is 14.5. The van der Waals surface area contributed by atoms with Gasteiger partial charge in [0.15, 0.2) is 11.5 Å². The van der Waals surface area contributed by atoms with E-state index in [1.54, 1.807) is 7.11 Å². The van der Waals surface area contributed by atoms with Gasteiger partial charge in [-0.15, -0.1) is 12.4 Å². The molecule has 3 nitrogen and oxygen atoms in total. The van der Waals surface area contributed by atoms with E-state index < -0.39 is 0 Å². The monoisotopic (exact) mass is 381 g/mol. The summed E-state index contributed by atoms with van der Waals surface area (Å²) in [6.07, 6.45) is 5.27. The first-order valence-electron chi connectivity index (χ1n) is 8.52. The molecule has 3 rings (SSSR count). The minimum atomic E-state index is 0. The van der Waals surface area contributed by atoms with E-state index in [0.29, 0.717) is 12.6 Å². The Bertz CT molecular complexity index is 672. The first kappa shape index (κ1) is 19.9. The Morgan fingerprint density at radius 1 is 1.04 bits per heavy atom. The lowest BCUT2D eigenvalue weighted by molar-refractivity contribution is 0.284. The van der Waals surface area contributed by atoms with Crippen LogP contribution in [0.2, 0.25) is 5.02 Å². The van der Waals surface area contributed by atoms with Crippen LogP contribution in [0.3, 0.4) is 0 Å². The summed E-state index contributed by atoms with van der Waals surface area (Å²) in [5.41, 5.74) is 2.25. The second-order valence-electron chi connectivity index (χ2n) is 6.27. The van der Waals surface area contributed by atoms with Crippen molar-refractivity contribution in [2.45, 2.75) is 44.9 Å². The van der Waals surface area contributed by atoms with E-state index in [0.717, 1.165) is 28.6 Å². The van der Waals surface area contributed by atoms with Gasteiger partial charge in [-0.1, -0.05) is 42.6 Å². The van der Waals surface area contributed by atoms with Gasteiger partial charge in [-0.2, -0.15) is 0 Å². The van der Waals surface area contributed by atoms with Crippen LogP contribution in [0.1, 0.15) is 36.8 Å². The molecular formula is C20H25Cl2NO2. The molecular weight excluding hydrogens is 357 g/mol. The highest BCUT2D eigenvalue weighted by Crippen LogP contribution is 2.29. The van der Waals surface area contributed by atoms with Crippen LogP contribution >= 0.6 is 24.0 Å². The smallest absolute Gasteiger partial charge is 0.161 e. The summed E-state index contributed by atoms with van der Waals surface area (Å²) in [4.78, 5) is 0. The summed E-state index contributed by atoms with van der Waals surface area (Å²) in [6.45, 7) is 1.34. The third-order valence-electron chi connectivity index (χ3n) is 4.46. The van der Waals surface area contributed by atoms with E-state index in [9.17, 15) is 0 Å². The number of ether oxygens (including phenoxy) is 2. The number of methoxy groups -OCH3 is 1. The van der Waals surface area contributed by atoms with E-state index in [2.05, 4.69) is 17.4 Å². The molecule has 0 saturated heterocycles. The average Bonchev–Trinajstić information content (AvgIpc) is 3.12. The molecule has 0 heterocycles. The molecule has 0 amide bonds. The molecule has 25 heavy (non-hydrogen) atoms. The van der Waals surface area contributed by atoms with Gasteiger partial charge in [0.25, 0.3) is 0 Å². The third kappa shape index (κ3) is 5.81. The van der Waals surface area contributed by atoms with Crippen LogP contribution in [0.25, 0.3) is 0 Å². The van der Waals surface area contributed by atoms with Crippen molar-refractivity contribution in [1.29, 1.82) is 0 Å². The van der Waals surface area contributed by atoms with Crippen molar-refractivity contribution in [3.8, 4) is 11.5 Å². The number of benzene rings is 2. The lowest BCUT2D eigenvalue weighted by Gasteiger charge is -2.15. The van der Waals surface area contributed by atoms with E-state index in [-0.39, 0.29) is 12.4 Å². The molecule has 2 aromatic carbocycles. The van der Waals surface area contributed by atoms with E-state index in [4.69, 9.17) is 21.1 Å². The standard InChI is InChI=1S/C20H24ClNO2.ClH/c1-23-20-12-15(13-22-18-7-2-3-8-18)9-10-19(20)24-14-16-5-4-6-17(21)11-16;/h4-6,9-12,18,22H,2-3,7-8,13-14H2,1H3;1H. The van der Waals surface area contributed by atoms with Crippen molar-refractivity contribution in [2.75, 3.05) is 7.11 Å². The van der Waals surface area contributed by atoms with Crippen molar-refractivity contribution in [3.63, 3.8) is 0 Å². The number of nitrogens with one attached hydrogen (secondary N) is 1. The van der Waals surface area contributed by atoms with Crippen molar-refractivity contribution >= 4 is 24.0 Å². The fourth-order valence-corrected chi connectivity index (χ4v) is 3.33. The quantitative estimate of drug-likeness (QED) is 0.697. The zero-order valence-corrected chi connectivity index (χ0v) is 16.0. The van der Waals surface area contributed by atoms with E-state index in [1.165, 1.54) is 31.2 Å². The molecule has 5 heteroatoms. The van der Waals surface area contributed by atoms with E-state index in [1.807, 2.05) is 30.3 Å². The van der Waals surface area contributed by atoms with Crippen LogP contribution in [-0.2, 0) is 13.2 Å². The Kier molecular flexibility index (Phi) is 7.89. The molecule has 0 radical (unpaired) electrons. The number of halogens is 2. The second-order valence-corrected chi connectivity index (χ2v) is 6.70. The highest BCUT2D eigenvalue weighted by molar-refractivity contribution is 6.30. The summed E-state index contributed by atoms with van der Waals surface area (Å²) >= 11 is 6.01. The number of hydrogen-bond donors (Lipinski definition) is 1. The summed E-state index contributed by atoms with van der Waals surface area (Å²) in [5, 5.41) is 4.34. The second kappa shape index (κ2) is 9.91. The molecule has 0 aliphatic heterocycles. The lowest BCUT2D eigenvalue weighted by Crippen LogP contribution is -2.25. The molecule has 0 atom stereocenters. The topological polar surface area (TPSA) is 30.5 Å². The van der Waals surface area contributed by atoms with Crippen molar-refractivity contribution < 1.29 is 9.47 Å². The Morgan fingerprint density at radius 2 is 1.84 bits per heavy atom. The fraction of sp³-hybridized carbons (Fsp3) is 0.400. The maximum atomic E-state index is 6.01. The first-order valence-corrected chi connectivity index (χ1v) is 8.90. The van der Waals surface area contributed by atoms with Gasteiger partial charge in [0, 0.05) is 17.6 Å². The Labute approximate surface area is 161 Å². The molecule has 2 aromatic rings. The van der Waals surface area contributed by atoms with Gasteiger partial charge in [0.1, 0.15) is 6.61 Å². The SMILES string of the molecule is COc1cc(CNC2CCCC2)ccc1OCc1cccc(Cl)c1.Cl. The maximum absolute atomic E-state index is 6.01. The third-order valence-corrected chi connectivity index (χ3v) is 4.70. The van der Waals surface area contributed by atoms with Crippen molar-refractivity contribution in [3.05, 3.63) is 58.6 Å². The molecule has 0 unspecified atom stereocenters. The molecule has 1 fully saturated rings. The minimum Gasteiger partial charge on any atom is -0.493 e. The van der Waals surface area contributed by atoms with Gasteiger partial charge in [-0.3, -0.25) is 0 Å². The van der Waals surface area contributed by atoms with Crippen molar-refractivity contribution in [2.24, 2.45) is 0 Å². The largest absolute Gasteiger partial charge is 0.493 e. The number of hydrogen-bond acceptors (Lipinski definition) is 3. The lowest BCUT2D eigenvalue weighted by atomic mass is 10.1. The molecule has 1 aliphatic rings. The molecule has 0 aromatic heterocycles. The minimum absolute atomic E-state index is 0. The summed E-state index contributed by atoms with van der Waals surface area (Å²) < 4.78 is 11.4. The Balaban J connectivity index is 0.00000225. The summed E-state index contributed by atoms with van der Waals surface area (Å²) in [5.74, 6) is 1.52. The van der Waals surface area contributed by atoms with Gasteiger partial charge in [0.2, 0.25) is 0 Å². The van der Waals surface area contributed by atoms with Crippen LogP contribution in [-0.4, -0.2) is 13.2 Å². The highest BCUT2D eigenvalue weighted by Gasteiger charge is 2.14. The normalized spacial score (nSPS) is 14.2. The molecule has 0 bridgehead atoms. The zero-order valence-electron chi connectivity index (χ0n) is 14.5. The van der Waals surface area contributed by atoms with Gasteiger partial charge in [-0.05, 0) is 48.2 Å². The highest BCUT2D eigenvalue weighted by atomic mass is 35.5. The van der Waals surface area contributed by atoms with Gasteiger partial charge < -0.3 is 14.8 Å². The molecule has 1 aliphatic carbocycles. The van der Waals surface area contributed by atoms with Gasteiger partial charge >= 0.3 is 0 Å². The first-order chi connectivity index (χ1) is 11.7. The van der Waals surface area contributed by atoms with Gasteiger partial charge in [-0.25, -0.2) is 0 Å². The predicted octanol–water partition coefficient (Wildman–Crippen LogP) is 5.38. The molecule has 136 valence electrons.